The Morgan fingerprint density at radius 2 is 2.00 bits per heavy atom. The van der Waals surface area contributed by atoms with E-state index in [1.807, 2.05) is 6.20 Å². The number of hydrogen-bond donors (Lipinski definition) is 0. The molecule has 0 amide bonds. The highest BCUT2D eigenvalue weighted by Crippen LogP contribution is 2.19. The third-order valence-electron chi connectivity index (χ3n) is 2.99. The largest absolute Gasteiger partial charge is 0.261 e. The lowest BCUT2D eigenvalue weighted by atomic mass is 9.99. The topological polar surface area (TPSA) is 12.9 Å². The lowest BCUT2D eigenvalue weighted by molar-refractivity contribution is 0.555. The molecule has 1 aromatic carbocycles. The minimum absolute atomic E-state index is 0.711. The normalized spacial score (nSPS) is 12.9. The maximum absolute atomic E-state index is 4.49. The zero-order valence-corrected chi connectivity index (χ0v) is 9.40. The number of rotatable bonds is 3. The van der Waals surface area contributed by atoms with Crippen LogP contribution in [0.2, 0.25) is 0 Å². The molecule has 78 valence electrons. The van der Waals surface area contributed by atoms with Crippen molar-refractivity contribution in [3.8, 4) is 0 Å². The molecule has 0 radical (unpaired) electrons. The van der Waals surface area contributed by atoms with Gasteiger partial charge in [-0.25, -0.2) is 0 Å². The Morgan fingerprint density at radius 1 is 1.20 bits per heavy atom. The Bertz CT molecular complexity index is 443. The monoisotopic (exact) mass is 199 g/mol. The summed E-state index contributed by atoms with van der Waals surface area (Å²) >= 11 is 0. The van der Waals surface area contributed by atoms with E-state index in [4.69, 9.17) is 0 Å². The van der Waals surface area contributed by atoms with Crippen LogP contribution in [0.1, 0.15) is 26.0 Å². The summed E-state index contributed by atoms with van der Waals surface area (Å²) in [5, 5.41) is 2.60. The number of nitrogens with zero attached hydrogens (tertiary/aromatic N) is 1. The summed E-state index contributed by atoms with van der Waals surface area (Å²) in [4.78, 5) is 4.49. The van der Waals surface area contributed by atoms with Crippen LogP contribution in [0.25, 0.3) is 10.8 Å². The van der Waals surface area contributed by atoms with Crippen molar-refractivity contribution >= 4 is 10.8 Å². The van der Waals surface area contributed by atoms with Gasteiger partial charge in [-0.1, -0.05) is 44.5 Å². The van der Waals surface area contributed by atoms with Crippen molar-refractivity contribution in [1.82, 2.24) is 4.98 Å². The maximum atomic E-state index is 4.49. The van der Waals surface area contributed by atoms with Gasteiger partial charge in [-0.05, 0) is 23.8 Å². The smallest absolute Gasteiger partial charge is 0.0484 e. The van der Waals surface area contributed by atoms with Crippen LogP contribution in [0.4, 0.5) is 0 Å². The van der Waals surface area contributed by atoms with Gasteiger partial charge in [0.25, 0.3) is 0 Å². The molecular formula is C14H17N. The molecule has 0 saturated heterocycles. The second kappa shape index (κ2) is 4.43. The molecule has 0 aliphatic carbocycles. The summed E-state index contributed by atoms with van der Waals surface area (Å²) in [6, 6.07) is 10.6. The number of pyridine rings is 1. The van der Waals surface area contributed by atoms with E-state index in [2.05, 4.69) is 49.2 Å². The zero-order chi connectivity index (χ0) is 10.7. The fraction of sp³-hybridized carbons (Fsp3) is 0.357. The second-order valence-electron chi connectivity index (χ2n) is 4.20. The number of aromatic nitrogens is 1. The van der Waals surface area contributed by atoms with E-state index in [-0.39, 0.29) is 0 Å². The highest BCUT2D eigenvalue weighted by molar-refractivity contribution is 5.84. The van der Waals surface area contributed by atoms with Crippen LogP contribution in [-0.4, -0.2) is 4.98 Å². The molecule has 0 spiro atoms. The molecule has 1 nitrogen and oxygen atoms in total. The summed E-state index contributed by atoms with van der Waals surface area (Å²) in [6.07, 6.45) is 4.21. The average Bonchev–Trinajstić information content (AvgIpc) is 2.29. The Balaban J connectivity index is 2.42. The Kier molecular flexibility index (Phi) is 3.00. The van der Waals surface area contributed by atoms with Gasteiger partial charge >= 0.3 is 0 Å². The van der Waals surface area contributed by atoms with Crippen LogP contribution in [-0.2, 0) is 6.42 Å². The summed E-state index contributed by atoms with van der Waals surface area (Å²) in [5.41, 5.74) is 1.24. The molecule has 0 aliphatic heterocycles. The highest BCUT2D eigenvalue weighted by Gasteiger charge is 2.05. The molecular weight excluding hydrogens is 182 g/mol. The molecule has 1 aromatic heterocycles. The molecule has 2 rings (SSSR count). The van der Waals surface area contributed by atoms with Crippen LogP contribution in [0, 0.1) is 5.92 Å². The fourth-order valence-corrected chi connectivity index (χ4v) is 1.82. The Hall–Kier alpha value is -1.37. The fourth-order valence-electron chi connectivity index (χ4n) is 1.82. The maximum Gasteiger partial charge on any atom is 0.0484 e. The van der Waals surface area contributed by atoms with Gasteiger partial charge in [-0.2, -0.15) is 0 Å². The highest BCUT2D eigenvalue weighted by atomic mass is 14.7. The third kappa shape index (κ3) is 2.17. The van der Waals surface area contributed by atoms with Crippen LogP contribution < -0.4 is 0 Å². The van der Waals surface area contributed by atoms with Crippen molar-refractivity contribution < 1.29 is 0 Å². The van der Waals surface area contributed by atoms with Crippen LogP contribution >= 0.6 is 0 Å². The van der Waals surface area contributed by atoms with Crippen molar-refractivity contribution in [3.05, 3.63) is 42.2 Å². The lowest BCUT2D eigenvalue weighted by Gasteiger charge is -2.09. The van der Waals surface area contributed by atoms with Gasteiger partial charge < -0.3 is 0 Å². The molecule has 1 atom stereocenters. The Labute approximate surface area is 91.2 Å². The minimum atomic E-state index is 0.711. The van der Waals surface area contributed by atoms with Gasteiger partial charge in [0.2, 0.25) is 0 Å². The Morgan fingerprint density at radius 3 is 2.80 bits per heavy atom. The van der Waals surface area contributed by atoms with Crippen molar-refractivity contribution in [3.63, 3.8) is 0 Å². The average molecular weight is 199 g/mol. The SMILES string of the molecule is CCC(C)Cc1nccc2ccccc12. The number of hydrogen-bond acceptors (Lipinski definition) is 1. The predicted molar refractivity (Wildman–Crippen MR) is 64.9 cm³/mol. The number of fused-ring (bicyclic) bond motifs is 1. The lowest BCUT2D eigenvalue weighted by Crippen LogP contribution is -2.00. The van der Waals surface area contributed by atoms with Crippen molar-refractivity contribution in [1.29, 1.82) is 0 Å². The first-order valence-corrected chi connectivity index (χ1v) is 5.64. The summed E-state index contributed by atoms with van der Waals surface area (Å²) in [5.74, 6) is 0.711. The van der Waals surface area contributed by atoms with E-state index in [0.29, 0.717) is 5.92 Å². The van der Waals surface area contributed by atoms with Gasteiger partial charge in [0, 0.05) is 17.3 Å². The van der Waals surface area contributed by atoms with Gasteiger partial charge in [-0.15, -0.1) is 0 Å². The van der Waals surface area contributed by atoms with E-state index in [9.17, 15) is 0 Å². The van der Waals surface area contributed by atoms with Crippen LogP contribution in [0.15, 0.2) is 36.5 Å². The van der Waals surface area contributed by atoms with Crippen molar-refractivity contribution in [2.45, 2.75) is 26.7 Å². The molecule has 1 unspecified atom stereocenters. The minimum Gasteiger partial charge on any atom is -0.261 e. The van der Waals surface area contributed by atoms with Crippen LogP contribution in [0.3, 0.4) is 0 Å². The van der Waals surface area contributed by atoms with Crippen molar-refractivity contribution in [2.75, 3.05) is 0 Å². The van der Waals surface area contributed by atoms with Gasteiger partial charge in [0.15, 0.2) is 0 Å². The first kappa shape index (κ1) is 10.2. The molecule has 1 heteroatoms. The molecule has 1 heterocycles. The molecule has 2 aromatic rings. The van der Waals surface area contributed by atoms with E-state index in [1.54, 1.807) is 0 Å². The first-order chi connectivity index (χ1) is 7.31. The number of benzene rings is 1. The molecule has 15 heavy (non-hydrogen) atoms. The molecule has 0 bridgehead atoms. The van der Waals surface area contributed by atoms with E-state index in [0.717, 1.165) is 6.42 Å². The van der Waals surface area contributed by atoms with Crippen LogP contribution in [0.5, 0.6) is 0 Å². The van der Waals surface area contributed by atoms with E-state index >= 15 is 0 Å². The summed E-state index contributed by atoms with van der Waals surface area (Å²) in [6.45, 7) is 4.51. The van der Waals surface area contributed by atoms with Gasteiger partial charge in [0.05, 0.1) is 0 Å². The predicted octanol–water partition coefficient (Wildman–Crippen LogP) is 3.82. The zero-order valence-electron chi connectivity index (χ0n) is 9.40. The van der Waals surface area contributed by atoms with Gasteiger partial charge in [-0.3, -0.25) is 4.98 Å². The molecule has 0 saturated carbocycles. The molecule has 0 fully saturated rings. The molecule has 0 N–H and O–H groups in total. The van der Waals surface area contributed by atoms with E-state index < -0.39 is 0 Å². The summed E-state index contributed by atoms with van der Waals surface area (Å²) in [7, 11) is 0. The quantitative estimate of drug-likeness (QED) is 0.732. The van der Waals surface area contributed by atoms with E-state index in [1.165, 1.54) is 22.9 Å². The van der Waals surface area contributed by atoms with Crippen molar-refractivity contribution in [2.24, 2.45) is 5.92 Å². The standard InChI is InChI=1S/C14H17N/c1-3-11(2)10-14-13-7-5-4-6-12(13)8-9-15-14/h4-9,11H,3,10H2,1-2H3. The first-order valence-electron chi connectivity index (χ1n) is 5.64. The third-order valence-corrected chi connectivity index (χ3v) is 2.99. The summed E-state index contributed by atoms with van der Waals surface area (Å²) < 4.78 is 0. The molecule has 0 aliphatic rings. The second-order valence-corrected chi connectivity index (χ2v) is 4.20. The van der Waals surface area contributed by atoms with Gasteiger partial charge in [0.1, 0.15) is 0 Å².